The summed E-state index contributed by atoms with van der Waals surface area (Å²) in [6.07, 6.45) is -3.68. The third kappa shape index (κ3) is 4.87. The van der Waals surface area contributed by atoms with E-state index in [0.717, 1.165) is 5.56 Å². The summed E-state index contributed by atoms with van der Waals surface area (Å²) in [5.41, 5.74) is 1.26. The molecule has 166 valence electrons. The highest BCUT2D eigenvalue weighted by Crippen LogP contribution is 2.35. The van der Waals surface area contributed by atoms with Gasteiger partial charge in [-0.1, -0.05) is 48.5 Å². The normalized spacial score (nSPS) is 29.4. The lowest BCUT2D eigenvalue weighted by Crippen LogP contribution is -2.66. The predicted octanol–water partition coefficient (Wildman–Crippen LogP) is 2.16. The Kier molecular flexibility index (Phi) is 6.93. The molecular formula is C24H24N2O6. The highest BCUT2D eigenvalue weighted by Gasteiger charge is 2.51. The summed E-state index contributed by atoms with van der Waals surface area (Å²) in [5.74, 6) is -0.553. The fourth-order valence-electron chi connectivity index (χ4n) is 3.89. The minimum absolute atomic E-state index is 0.177. The largest absolute Gasteiger partial charge is 0.365 e. The average molecular weight is 436 g/mol. The van der Waals surface area contributed by atoms with Gasteiger partial charge in [-0.25, -0.2) is 0 Å². The van der Waals surface area contributed by atoms with Gasteiger partial charge in [-0.05, 0) is 19.1 Å². The van der Waals surface area contributed by atoms with E-state index in [4.69, 9.17) is 18.9 Å². The molecule has 8 heteroatoms. The van der Waals surface area contributed by atoms with Crippen molar-refractivity contribution in [2.24, 2.45) is 0 Å². The van der Waals surface area contributed by atoms with Crippen LogP contribution in [0, 0.1) is 11.3 Å². The van der Waals surface area contributed by atoms with Crippen molar-refractivity contribution in [1.82, 2.24) is 5.32 Å². The zero-order valence-corrected chi connectivity index (χ0v) is 17.5. The number of benzene rings is 2. The van der Waals surface area contributed by atoms with Gasteiger partial charge >= 0.3 is 0 Å². The summed E-state index contributed by atoms with van der Waals surface area (Å²) >= 11 is 0. The first kappa shape index (κ1) is 22.1. The second kappa shape index (κ2) is 10.0. The second-order valence-electron chi connectivity index (χ2n) is 7.74. The van der Waals surface area contributed by atoms with Gasteiger partial charge in [0.15, 0.2) is 18.2 Å². The van der Waals surface area contributed by atoms with Crippen molar-refractivity contribution in [3.05, 3.63) is 71.8 Å². The van der Waals surface area contributed by atoms with Gasteiger partial charge in [0, 0.05) is 11.1 Å². The van der Waals surface area contributed by atoms with Gasteiger partial charge in [-0.15, -0.1) is 0 Å². The maximum atomic E-state index is 12.8. The lowest BCUT2D eigenvalue weighted by atomic mass is 9.91. The first-order valence-corrected chi connectivity index (χ1v) is 10.4. The molecular weight excluding hydrogens is 412 g/mol. The number of ether oxygens (including phenoxy) is 4. The molecule has 0 radical (unpaired) electrons. The third-order valence-corrected chi connectivity index (χ3v) is 5.40. The van der Waals surface area contributed by atoms with Crippen molar-refractivity contribution in [2.45, 2.75) is 43.7 Å². The van der Waals surface area contributed by atoms with Gasteiger partial charge in [0.2, 0.25) is 0 Å². The van der Waals surface area contributed by atoms with Crippen molar-refractivity contribution < 1.29 is 28.5 Å². The van der Waals surface area contributed by atoms with Crippen LogP contribution in [-0.4, -0.2) is 55.4 Å². The quantitative estimate of drug-likeness (QED) is 0.739. The maximum Gasteiger partial charge on any atom is 0.251 e. The highest BCUT2D eigenvalue weighted by atomic mass is 16.7. The Balaban J connectivity index is 1.60. The van der Waals surface area contributed by atoms with Crippen molar-refractivity contribution in [3.8, 4) is 6.07 Å². The molecule has 2 aromatic rings. The number of Topliss-reactive ketones (excluding diaryl/α,β-unsaturated/α-hetero) is 1. The Labute approximate surface area is 186 Å². The molecule has 6 atom stereocenters. The summed E-state index contributed by atoms with van der Waals surface area (Å²) in [6.45, 7) is 1.42. The number of carbonyl (C=O) groups excluding carboxylic acids is 2. The van der Waals surface area contributed by atoms with Crippen molar-refractivity contribution in [2.75, 3.05) is 13.2 Å². The second-order valence-corrected chi connectivity index (χ2v) is 7.74. The molecule has 0 aromatic heterocycles. The SMILES string of the molecule is CC(=O)CO[C@@H]1C(NC(=O)c2ccccc2)[C@H](C#N)OC2COC(c3ccccc3)O[C@@H]21. The smallest absolute Gasteiger partial charge is 0.251 e. The molecule has 1 amide bonds. The van der Waals surface area contributed by atoms with Gasteiger partial charge in [0.05, 0.1) is 18.7 Å². The number of nitrogens with zero attached hydrogens (tertiary/aromatic N) is 1. The average Bonchev–Trinajstić information content (AvgIpc) is 2.83. The first-order chi connectivity index (χ1) is 15.6. The third-order valence-electron chi connectivity index (χ3n) is 5.40. The Morgan fingerprint density at radius 2 is 1.78 bits per heavy atom. The van der Waals surface area contributed by atoms with Crippen molar-refractivity contribution >= 4 is 11.7 Å². The van der Waals surface area contributed by atoms with E-state index in [-0.39, 0.29) is 24.9 Å². The fraction of sp³-hybridized carbons (Fsp3) is 0.375. The van der Waals surface area contributed by atoms with Gasteiger partial charge in [-0.3, -0.25) is 9.59 Å². The number of hydrogen-bond donors (Lipinski definition) is 1. The number of ketones is 1. The molecule has 0 spiro atoms. The Bertz CT molecular complexity index is 977. The monoisotopic (exact) mass is 436 g/mol. The summed E-state index contributed by atoms with van der Waals surface area (Å²) in [7, 11) is 0. The summed E-state index contributed by atoms with van der Waals surface area (Å²) in [6, 6.07) is 19.3. The van der Waals surface area contributed by atoms with Crippen LogP contribution in [0.5, 0.6) is 0 Å². The molecule has 2 aliphatic rings. The predicted molar refractivity (Wildman–Crippen MR) is 112 cm³/mol. The fourth-order valence-corrected chi connectivity index (χ4v) is 3.89. The number of hydrogen-bond acceptors (Lipinski definition) is 7. The van der Waals surface area contributed by atoms with E-state index >= 15 is 0 Å². The van der Waals surface area contributed by atoms with E-state index in [9.17, 15) is 14.9 Å². The number of fused-ring (bicyclic) bond motifs is 1. The van der Waals surface area contributed by atoms with Gasteiger partial charge in [-0.2, -0.15) is 5.26 Å². The maximum absolute atomic E-state index is 12.8. The molecule has 2 saturated heterocycles. The molecule has 4 rings (SSSR count). The number of carbonyl (C=O) groups is 2. The van der Waals surface area contributed by atoms with Crippen LogP contribution in [0.2, 0.25) is 0 Å². The standard InChI is InChI=1S/C24H24N2O6/c1-15(27)13-29-22-20(26-23(28)16-8-4-2-5-9-16)18(12-25)31-19-14-30-24(32-21(19)22)17-10-6-3-7-11-17/h2-11,18-22,24H,13-14H2,1H3,(H,26,28)/t18-,19?,20?,21-,22+,24?/m0/s1. The van der Waals surface area contributed by atoms with E-state index in [1.165, 1.54) is 6.92 Å². The van der Waals surface area contributed by atoms with E-state index in [0.29, 0.717) is 5.56 Å². The molecule has 2 aromatic carbocycles. The van der Waals surface area contributed by atoms with Crippen LogP contribution >= 0.6 is 0 Å². The molecule has 32 heavy (non-hydrogen) atoms. The Hall–Kier alpha value is -3.09. The van der Waals surface area contributed by atoms with E-state index in [1.807, 2.05) is 36.4 Å². The molecule has 2 heterocycles. The molecule has 8 nitrogen and oxygen atoms in total. The number of rotatable bonds is 6. The number of nitrogens with one attached hydrogen (secondary N) is 1. The van der Waals surface area contributed by atoms with Gasteiger partial charge in [0.1, 0.15) is 24.9 Å². The van der Waals surface area contributed by atoms with E-state index in [2.05, 4.69) is 11.4 Å². The minimum atomic E-state index is -0.999. The topological polar surface area (TPSA) is 107 Å². The summed E-state index contributed by atoms with van der Waals surface area (Å²) in [4.78, 5) is 24.5. The highest BCUT2D eigenvalue weighted by molar-refractivity contribution is 5.94. The molecule has 3 unspecified atom stereocenters. The molecule has 2 fully saturated rings. The van der Waals surface area contributed by atoms with E-state index in [1.54, 1.807) is 24.3 Å². The van der Waals surface area contributed by atoms with Crippen LogP contribution in [0.15, 0.2) is 60.7 Å². The van der Waals surface area contributed by atoms with Crippen LogP contribution in [-0.2, 0) is 23.7 Å². The number of nitriles is 1. The van der Waals surface area contributed by atoms with Crippen molar-refractivity contribution in [3.63, 3.8) is 0 Å². The molecule has 0 saturated carbocycles. The van der Waals surface area contributed by atoms with Crippen LogP contribution in [0.1, 0.15) is 29.1 Å². The van der Waals surface area contributed by atoms with Gasteiger partial charge < -0.3 is 24.3 Å². The Morgan fingerprint density at radius 1 is 1.09 bits per heavy atom. The molecule has 1 N–H and O–H groups in total. The lowest BCUT2D eigenvalue weighted by molar-refractivity contribution is -0.313. The zero-order valence-electron chi connectivity index (χ0n) is 17.5. The molecule has 2 aliphatic heterocycles. The van der Waals surface area contributed by atoms with E-state index < -0.39 is 36.7 Å². The van der Waals surface area contributed by atoms with Crippen LogP contribution in [0.25, 0.3) is 0 Å². The van der Waals surface area contributed by atoms with Crippen LogP contribution in [0.4, 0.5) is 0 Å². The van der Waals surface area contributed by atoms with Gasteiger partial charge in [0.25, 0.3) is 5.91 Å². The number of amides is 1. The molecule has 0 bridgehead atoms. The minimum Gasteiger partial charge on any atom is -0.365 e. The molecule has 0 aliphatic carbocycles. The van der Waals surface area contributed by atoms with Crippen LogP contribution in [0.3, 0.4) is 0 Å². The zero-order chi connectivity index (χ0) is 22.5. The first-order valence-electron chi connectivity index (χ1n) is 10.4. The lowest BCUT2D eigenvalue weighted by Gasteiger charge is -2.48. The Morgan fingerprint density at radius 3 is 2.44 bits per heavy atom. The summed E-state index contributed by atoms with van der Waals surface area (Å²) < 4.78 is 23.8. The van der Waals surface area contributed by atoms with Crippen molar-refractivity contribution in [1.29, 1.82) is 5.26 Å². The van der Waals surface area contributed by atoms with Crippen LogP contribution < -0.4 is 5.32 Å². The summed E-state index contributed by atoms with van der Waals surface area (Å²) in [5, 5.41) is 12.6.